The van der Waals surface area contributed by atoms with Gasteiger partial charge in [-0.15, -0.1) is 0 Å². The maximum atomic E-state index is 12.2. The van der Waals surface area contributed by atoms with Gasteiger partial charge in [0.2, 0.25) is 5.91 Å². The first kappa shape index (κ1) is 13.2. The van der Waals surface area contributed by atoms with E-state index in [-0.39, 0.29) is 12.5 Å². The standard InChI is InChI=1S/C14H14N4O3/c1-17(8-12-15-6-7-16-12)13(19)9-18-10-4-2-3-5-11(10)21-14(18)20/h2-7H,8-9H2,1H3,(H,15,16). The number of aromatic nitrogens is 3. The van der Waals surface area contributed by atoms with E-state index in [1.165, 1.54) is 9.47 Å². The molecule has 0 aliphatic rings. The summed E-state index contributed by atoms with van der Waals surface area (Å²) in [5.74, 6) is -0.0359. The smallest absolute Gasteiger partial charge is 0.408 e. The van der Waals surface area contributed by atoms with Gasteiger partial charge in [-0.3, -0.25) is 9.36 Å². The van der Waals surface area contributed by atoms with Gasteiger partial charge in [0.05, 0.1) is 12.1 Å². The summed E-state index contributed by atoms with van der Waals surface area (Å²) in [6.45, 7) is 0.295. The van der Waals surface area contributed by atoms with Crippen LogP contribution >= 0.6 is 0 Å². The van der Waals surface area contributed by atoms with Gasteiger partial charge < -0.3 is 14.3 Å². The number of rotatable bonds is 4. The molecule has 1 N–H and O–H groups in total. The minimum absolute atomic E-state index is 0.0624. The minimum Gasteiger partial charge on any atom is -0.408 e. The molecule has 0 saturated heterocycles. The zero-order chi connectivity index (χ0) is 14.8. The molecule has 0 radical (unpaired) electrons. The van der Waals surface area contributed by atoms with Crippen LogP contribution in [0.1, 0.15) is 5.82 Å². The second-order valence-corrected chi connectivity index (χ2v) is 4.71. The fourth-order valence-electron chi connectivity index (χ4n) is 2.12. The molecule has 0 fully saturated rings. The SMILES string of the molecule is CN(Cc1ncc[nH]1)C(=O)Cn1c(=O)oc2ccccc21. The Morgan fingerprint density at radius 2 is 2.24 bits per heavy atom. The number of hydrogen-bond donors (Lipinski definition) is 1. The molecule has 7 heteroatoms. The molecule has 0 unspecified atom stereocenters. The molecule has 0 bridgehead atoms. The monoisotopic (exact) mass is 286 g/mol. The molecule has 0 aliphatic carbocycles. The number of imidazole rings is 1. The Balaban J connectivity index is 1.80. The van der Waals surface area contributed by atoms with Crippen molar-refractivity contribution < 1.29 is 9.21 Å². The highest BCUT2D eigenvalue weighted by atomic mass is 16.4. The summed E-state index contributed by atoms with van der Waals surface area (Å²) in [5.41, 5.74) is 1.09. The van der Waals surface area contributed by atoms with Gasteiger partial charge in [0, 0.05) is 19.4 Å². The summed E-state index contributed by atoms with van der Waals surface area (Å²) in [6, 6.07) is 7.02. The Morgan fingerprint density at radius 1 is 1.43 bits per heavy atom. The average molecular weight is 286 g/mol. The number of carbonyl (C=O) groups excluding carboxylic acids is 1. The predicted octanol–water partition coefficient (Wildman–Crippen LogP) is 0.976. The molecule has 1 aromatic carbocycles. The zero-order valence-electron chi connectivity index (χ0n) is 11.4. The molecule has 0 atom stereocenters. The van der Waals surface area contributed by atoms with Crippen LogP contribution in [0.5, 0.6) is 0 Å². The Labute approximate surface area is 119 Å². The van der Waals surface area contributed by atoms with Crippen LogP contribution in [-0.2, 0) is 17.9 Å². The summed E-state index contributed by atoms with van der Waals surface area (Å²) >= 11 is 0. The van der Waals surface area contributed by atoms with E-state index in [0.717, 1.165) is 0 Å². The van der Waals surface area contributed by atoms with E-state index in [9.17, 15) is 9.59 Å². The van der Waals surface area contributed by atoms with Crippen molar-refractivity contribution in [3.8, 4) is 0 Å². The fourth-order valence-corrected chi connectivity index (χ4v) is 2.12. The summed E-state index contributed by atoms with van der Waals surface area (Å²) in [5, 5.41) is 0. The van der Waals surface area contributed by atoms with Gasteiger partial charge in [0.15, 0.2) is 5.58 Å². The second kappa shape index (κ2) is 5.28. The number of fused-ring (bicyclic) bond motifs is 1. The van der Waals surface area contributed by atoms with E-state index >= 15 is 0 Å². The van der Waals surface area contributed by atoms with Crippen molar-refractivity contribution in [2.75, 3.05) is 7.05 Å². The normalized spacial score (nSPS) is 10.9. The van der Waals surface area contributed by atoms with Gasteiger partial charge in [-0.05, 0) is 12.1 Å². The van der Waals surface area contributed by atoms with Gasteiger partial charge in [-0.25, -0.2) is 9.78 Å². The summed E-state index contributed by atoms with van der Waals surface area (Å²) in [6.07, 6.45) is 3.32. The molecule has 7 nitrogen and oxygen atoms in total. The number of aromatic amines is 1. The molecule has 2 heterocycles. The third-order valence-electron chi connectivity index (χ3n) is 3.23. The molecule has 108 valence electrons. The molecule has 1 amide bonds. The van der Waals surface area contributed by atoms with Crippen LogP contribution in [0.3, 0.4) is 0 Å². The Morgan fingerprint density at radius 3 is 3.00 bits per heavy atom. The Bertz CT molecular complexity index is 816. The highest BCUT2D eigenvalue weighted by molar-refractivity contribution is 5.79. The maximum absolute atomic E-state index is 12.2. The number of amides is 1. The Kier molecular flexibility index (Phi) is 3.31. The number of nitrogens with one attached hydrogen (secondary N) is 1. The van der Waals surface area contributed by atoms with Gasteiger partial charge in [-0.2, -0.15) is 0 Å². The van der Waals surface area contributed by atoms with Crippen molar-refractivity contribution in [2.24, 2.45) is 0 Å². The van der Waals surface area contributed by atoms with Crippen LogP contribution < -0.4 is 5.76 Å². The number of para-hydroxylation sites is 2. The number of nitrogens with zero attached hydrogens (tertiary/aromatic N) is 3. The number of hydrogen-bond acceptors (Lipinski definition) is 4. The summed E-state index contributed by atoms with van der Waals surface area (Å²) in [4.78, 5) is 32.5. The van der Waals surface area contributed by atoms with Gasteiger partial charge >= 0.3 is 5.76 Å². The van der Waals surface area contributed by atoms with Crippen LogP contribution in [-0.4, -0.2) is 32.4 Å². The first-order valence-electron chi connectivity index (χ1n) is 6.46. The highest BCUT2D eigenvalue weighted by Gasteiger charge is 2.15. The maximum Gasteiger partial charge on any atom is 0.420 e. The second-order valence-electron chi connectivity index (χ2n) is 4.71. The molecular formula is C14H14N4O3. The van der Waals surface area contributed by atoms with E-state index in [4.69, 9.17) is 4.42 Å². The number of carbonyl (C=O) groups is 1. The van der Waals surface area contributed by atoms with Crippen molar-refractivity contribution >= 4 is 17.0 Å². The molecule has 3 aromatic rings. The molecule has 0 aliphatic heterocycles. The quantitative estimate of drug-likeness (QED) is 0.774. The van der Waals surface area contributed by atoms with Crippen LogP contribution in [0, 0.1) is 0 Å². The summed E-state index contributed by atoms with van der Waals surface area (Å²) in [7, 11) is 1.66. The lowest BCUT2D eigenvalue weighted by Gasteiger charge is -2.15. The van der Waals surface area contributed by atoms with Crippen LogP contribution in [0.2, 0.25) is 0 Å². The van der Waals surface area contributed by atoms with Gasteiger partial charge in [-0.1, -0.05) is 12.1 Å². The lowest BCUT2D eigenvalue weighted by molar-refractivity contribution is -0.131. The van der Waals surface area contributed by atoms with Crippen LogP contribution in [0.25, 0.3) is 11.1 Å². The van der Waals surface area contributed by atoms with Crippen molar-refractivity contribution in [1.82, 2.24) is 19.4 Å². The van der Waals surface area contributed by atoms with Crippen LogP contribution in [0.15, 0.2) is 45.9 Å². The minimum atomic E-state index is -0.532. The molecule has 21 heavy (non-hydrogen) atoms. The third kappa shape index (κ3) is 2.58. The fraction of sp³-hybridized carbons (Fsp3) is 0.214. The molecule has 0 saturated carbocycles. The van der Waals surface area contributed by atoms with E-state index in [0.29, 0.717) is 23.5 Å². The van der Waals surface area contributed by atoms with E-state index in [1.807, 2.05) is 0 Å². The van der Waals surface area contributed by atoms with Crippen molar-refractivity contribution in [1.29, 1.82) is 0 Å². The van der Waals surface area contributed by atoms with Gasteiger partial charge in [0.1, 0.15) is 12.4 Å². The van der Waals surface area contributed by atoms with E-state index < -0.39 is 5.76 Å². The molecule has 3 rings (SSSR count). The van der Waals surface area contributed by atoms with Crippen molar-refractivity contribution in [2.45, 2.75) is 13.1 Å². The lowest BCUT2D eigenvalue weighted by atomic mass is 10.3. The van der Waals surface area contributed by atoms with Crippen molar-refractivity contribution in [3.63, 3.8) is 0 Å². The summed E-state index contributed by atoms with van der Waals surface area (Å²) < 4.78 is 6.43. The largest absolute Gasteiger partial charge is 0.420 e. The molecular weight excluding hydrogens is 272 g/mol. The van der Waals surface area contributed by atoms with Gasteiger partial charge in [0.25, 0.3) is 0 Å². The van der Waals surface area contributed by atoms with Crippen molar-refractivity contribution in [3.05, 3.63) is 53.0 Å². The van der Waals surface area contributed by atoms with E-state index in [2.05, 4.69) is 9.97 Å². The third-order valence-corrected chi connectivity index (χ3v) is 3.23. The first-order chi connectivity index (χ1) is 10.1. The topological polar surface area (TPSA) is 84.1 Å². The number of benzene rings is 1. The van der Waals surface area contributed by atoms with Crippen LogP contribution in [0.4, 0.5) is 0 Å². The number of H-pyrrole nitrogens is 1. The predicted molar refractivity (Wildman–Crippen MR) is 75.5 cm³/mol. The molecule has 0 spiro atoms. The van der Waals surface area contributed by atoms with E-state index in [1.54, 1.807) is 43.7 Å². The molecule has 2 aromatic heterocycles. The first-order valence-corrected chi connectivity index (χ1v) is 6.46. The highest BCUT2D eigenvalue weighted by Crippen LogP contribution is 2.12. The zero-order valence-corrected chi connectivity index (χ0v) is 11.4. The number of oxazole rings is 1. The lowest BCUT2D eigenvalue weighted by Crippen LogP contribution is -2.32. The Hall–Kier alpha value is -2.83. The number of likely N-dealkylation sites (N-methyl/N-ethyl adjacent to an activating group) is 1. The average Bonchev–Trinajstić information content (AvgIpc) is 3.07.